The normalized spacial score (nSPS) is 16.4. The first-order chi connectivity index (χ1) is 7.16. The van der Waals surface area contributed by atoms with Crippen molar-refractivity contribution in [2.75, 3.05) is 24.6 Å². The van der Waals surface area contributed by atoms with Crippen molar-refractivity contribution in [2.45, 2.75) is 0 Å². The molecule has 1 fully saturated rings. The molecule has 0 N–H and O–H groups in total. The van der Waals surface area contributed by atoms with Gasteiger partial charge < -0.3 is 9.64 Å². The first-order valence-corrected chi connectivity index (χ1v) is 5.48. The van der Waals surface area contributed by atoms with Crippen molar-refractivity contribution in [2.24, 2.45) is 0 Å². The minimum Gasteiger partial charge on any atom is -0.462 e. The fourth-order valence-corrected chi connectivity index (χ4v) is 1.78. The van der Waals surface area contributed by atoms with Gasteiger partial charge in [0.05, 0.1) is 6.54 Å². The van der Waals surface area contributed by atoms with Gasteiger partial charge in [0.2, 0.25) is 0 Å². The molecule has 0 atom stereocenters. The summed E-state index contributed by atoms with van der Waals surface area (Å²) in [4.78, 5) is 13.1. The highest BCUT2D eigenvalue weighted by molar-refractivity contribution is 9.10. The Kier molecular flexibility index (Phi) is 2.95. The van der Waals surface area contributed by atoms with Crippen LogP contribution in [0.1, 0.15) is 5.56 Å². The van der Waals surface area contributed by atoms with Crippen molar-refractivity contribution in [1.82, 2.24) is 0 Å². The van der Waals surface area contributed by atoms with E-state index in [2.05, 4.69) is 22.9 Å². The number of cyclic esters (lactones) is 1. The van der Waals surface area contributed by atoms with Gasteiger partial charge >= 0.3 is 5.97 Å². The van der Waals surface area contributed by atoms with E-state index in [1.54, 1.807) is 0 Å². The van der Waals surface area contributed by atoms with Crippen molar-refractivity contribution >= 4 is 27.6 Å². The quantitative estimate of drug-likeness (QED) is 0.730. The van der Waals surface area contributed by atoms with E-state index in [4.69, 9.17) is 4.74 Å². The zero-order valence-corrected chi connectivity index (χ0v) is 9.79. The molecule has 0 amide bonds. The Morgan fingerprint density at radius 1 is 1.47 bits per heavy atom. The van der Waals surface area contributed by atoms with E-state index < -0.39 is 0 Å². The van der Waals surface area contributed by atoms with Crippen LogP contribution in [0.15, 0.2) is 22.7 Å². The summed E-state index contributed by atoms with van der Waals surface area (Å²) in [6.45, 7) is 5.43. The molecule has 3 nitrogen and oxygen atoms in total. The van der Waals surface area contributed by atoms with Crippen LogP contribution < -0.4 is 4.90 Å². The Morgan fingerprint density at radius 3 is 2.93 bits per heavy atom. The highest BCUT2D eigenvalue weighted by atomic mass is 79.9. The second kappa shape index (κ2) is 4.23. The van der Waals surface area contributed by atoms with Crippen molar-refractivity contribution < 1.29 is 9.53 Å². The number of nitrogens with zero attached hydrogens (tertiary/aromatic N) is 1. The predicted molar refractivity (Wildman–Crippen MR) is 61.8 cm³/mol. The number of halogens is 1. The maximum absolute atomic E-state index is 11.1. The van der Waals surface area contributed by atoms with E-state index in [1.807, 2.05) is 23.1 Å². The van der Waals surface area contributed by atoms with Crippen LogP contribution in [0.25, 0.3) is 0 Å². The van der Waals surface area contributed by atoms with E-state index in [9.17, 15) is 4.79 Å². The number of esters is 1. The van der Waals surface area contributed by atoms with Crippen LogP contribution in [0.5, 0.6) is 0 Å². The average Bonchev–Trinajstić information content (AvgIpc) is 2.22. The van der Waals surface area contributed by atoms with Gasteiger partial charge in [-0.05, 0) is 30.7 Å². The second-order valence-electron chi connectivity index (χ2n) is 3.42. The van der Waals surface area contributed by atoms with Gasteiger partial charge in [0.1, 0.15) is 13.2 Å². The van der Waals surface area contributed by atoms with Crippen LogP contribution in [0.4, 0.5) is 5.69 Å². The molecule has 1 aliphatic heterocycles. The molecule has 0 unspecified atom stereocenters. The number of rotatable bonds is 1. The van der Waals surface area contributed by atoms with E-state index in [1.165, 1.54) is 0 Å². The standard InChI is InChI=1S/C11H11BrNO2/c1-8-6-9(2-3-10(8)12)13-4-5-15-11(14)7-13/h2-3,6H,1,4-5,7H2. The summed E-state index contributed by atoms with van der Waals surface area (Å²) >= 11 is 3.39. The highest BCUT2D eigenvalue weighted by Crippen LogP contribution is 2.23. The maximum Gasteiger partial charge on any atom is 0.325 e. The van der Waals surface area contributed by atoms with Crippen LogP contribution >= 0.6 is 15.9 Å². The summed E-state index contributed by atoms with van der Waals surface area (Å²) in [7, 11) is 0. The molecule has 0 saturated carbocycles. The minimum absolute atomic E-state index is 0.171. The molecule has 1 heterocycles. The molecule has 4 heteroatoms. The van der Waals surface area contributed by atoms with Crippen LogP contribution in [0.2, 0.25) is 0 Å². The number of benzene rings is 1. The summed E-state index contributed by atoms with van der Waals surface area (Å²) in [6, 6.07) is 5.87. The number of hydrogen-bond acceptors (Lipinski definition) is 3. The van der Waals surface area contributed by atoms with E-state index in [0.717, 1.165) is 22.3 Å². The van der Waals surface area contributed by atoms with Crippen molar-refractivity contribution in [3.8, 4) is 0 Å². The van der Waals surface area contributed by atoms with Crippen LogP contribution in [0, 0.1) is 6.92 Å². The fraction of sp³-hybridized carbons (Fsp3) is 0.273. The summed E-state index contributed by atoms with van der Waals surface area (Å²) in [6.07, 6.45) is 0. The Balaban J connectivity index is 2.21. The van der Waals surface area contributed by atoms with Gasteiger partial charge in [0.15, 0.2) is 0 Å². The lowest BCUT2D eigenvalue weighted by Gasteiger charge is -2.28. The van der Waals surface area contributed by atoms with Gasteiger partial charge in [-0.15, -0.1) is 0 Å². The predicted octanol–water partition coefficient (Wildman–Crippen LogP) is 1.99. The van der Waals surface area contributed by atoms with E-state index in [0.29, 0.717) is 13.2 Å². The zero-order chi connectivity index (χ0) is 10.8. The first-order valence-electron chi connectivity index (χ1n) is 4.69. The van der Waals surface area contributed by atoms with Gasteiger partial charge in [-0.25, -0.2) is 0 Å². The Bertz CT molecular complexity index is 392. The smallest absolute Gasteiger partial charge is 0.325 e. The summed E-state index contributed by atoms with van der Waals surface area (Å²) in [5.41, 5.74) is 1.94. The topological polar surface area (TPSA) is 29.5 Å². The SMILES string of the molecule is [CH2]c1cc(N2CCOC(=O)C2)ccc1Br. The average molecular weight is 269 g/mol. The largest absolute Gasteiger partial charge is 0.462 e. The molecule has 1 aromatic rings. The molecule has 0 spiro atoms. The molecule has 0 aliphatic carbocycles. The van der Waals surface area contributed by atoms with Gasteiger partial charge in [0.25, 0.3) is 0 Å². The molecule has 1 aromatic carbocycles. The van der Waals surface area contributed by atoms with Gasteiger partial charge in [-0.3, -0.25) is 4.79 Å². The number of anilines is 1. The summed E-state index contributed by atoms with van der Waals surface area (Å²) in [5.74, 6) is -0.171. The van der Waals surface area contributed by atoms with E-state index >= 15 is 0 Å². The molecule has 15 heavy (non-hydrogen) atoms. The van der Waals surface area contributed by atoms with E-state index in [-0.39, 0.29) is 5.97 Å². The molecule has 1 aliphatic rings. The Morgan fingerprint density at radius 2 is 2.27 bits per heavy atom. The monoisotopic (exact) mass is 268 g/mol. The number of carbonyl (C=O) groups is 1. The van der Waals surface area contributed by atoms with Crippen LogP contribution in [-0.4, -0.2) is 25.7 Å². The van der Waals surface area contributed by atoms with Crippen molar-refractivity contribution in [3.63, 3.8) is 0 Å². The van der Waals surface area contributed by atoms with Gasteiger partial charge in [-0.1, -0.05) is 15.9 Å². The van der Waals surface area contributed by atoms with Crippen molar-refractivity contribution in [3.05, 3.63) is 35.2 Å². The van der Waals surface area contributed by atoms with Crippen LogP contribution in [-0.2, 0) is 9.53 Å². The zero-order valence-electron chi connectivity index (χ0n) is 8.20. The third-order valence-corrected chi connectivity index (χ3v) is 3.11. The summed E-state index contributed by atoms with van der Waals surface area (Å²) < 4.78 is 5.86. The minimum atomic E-state index is -0.171. The lowest BCUT2D eigenvalue weighted by molar-refractivity contribution is -0.143. The molecule has 1 saturated heterocycles. The molecule has 2 rings (SSSR count). The number of morpholine rings is 1. The molecular formula is C11H11BrNO2. The third kappa shape index (κ3) is 2.31. The van der Waals surface area contributed by atoms with Crippen molar-refractivity contribution in [1.29, 1.82) is 0 Å². The Labute approximate surface area is 97.2 Å². The molecular weight excluding hydrogens is 258 g/mol. The summed E-state index contributed by atoms with van der Waals surface area (Å²) in [5, 5.41) is 0. The number of carbonyl (C=O) groups excluding carboxylic acids is 1. The van der Waals surface area contributed by atoms with Gasteiger partial charge in [-0.2, -0.15) is 0 Å². The molecule has 0 bridgehead atoms. The fourth-order valence-electron chi connectivity index (χ4n) is 1.53. The molecule has 0 aromatic heterocycles. The molecule has 1 radical (unpaired) electrons. The lowest BCUT2D eigenvalue weighted by atomic mass is 10.2. The number of ether oxygens (including phenoxy) is 1. The second-order valence-corrected chi connectivity index (χ2v) is 4.27. The Hall–Kier alpha value is -1.03. The highest BCUT2D eigenvalue weighted by Gasteiger charge is 2.18. The number of hydrogen-bond donors (Lipinski definition) is 0. The third-order valence-electron chi connectivity index (χ3n) is 2.34. The lowest BCUT2D eigenvalue weighted by Crippen LogP contribution is -2.39. The maximum atomic E-state index is 11.1. The van der Waals surface area contributed by atoms with Gasteiger partial charge in [0, 0.05) is 10.2 Å². The van der Waals surface area contributed by atoms with Crippen LogP contribution in [0.3, 0.4) is 0 Å². The first kappa shape index (κ1) is 10.5. The molecule has 79 valence electrons.